The number of hydrogen-bond acceptors (Lipinski definition) is 3. The summed E-state index contributed by atoms with van der Waals surface area (Å²) in [7, 11) is 0. The Hall–Kier alpha value is -2.41. The van der Waals surface area contributed by atoms with Crippen molar-refractivity contribution < 1.29 is 23.8 Å². The molecule has 126 valence electrons. The zero-order chi connectivity index (χ0) is 17.5. The molecule has 0 aliphatic carbocycles. The highest BCUT2D eigenvalue weighted by Crippen LogP contribution is 2.19. The van der Waals surface area contributed by atoms with Crippen LogP contribution in [-0.4, -0.2) is 23.2 Å². The second-order valence-electron chi connectivity index (χ2n) is 5.04. The lowest BCUT2D eigenvalue weighted by Gasteiger charge is -2.15. The van der Waals surface area contributed by atoms with Gasteiger partial charge in [0.05, 0.1) is 0 Å². The summed E-state index contributed by atoms with van der Waals surface area (Å²) in [6.07, 6.45) is -0.924. The fourth-order valence-electron chi connectivity index (χ4n) is 2.03. The minimum absolute atomic E-state index is 0.0304. The second kappa shape index (κ2) is 8.44. The van der Waals surface area contributed by atoms with Crippen molar-refractivity contribution in [1.29, 1.82) is 0 Å². The van der Waals surface area contributed by atoms with Gasteiger partial charge in [-0.15, -0.1) is 0 Å². The Bertz CT molecular complexity index is 724. The molecule has 0 heterocycles. The lowest BCUT2D eigenvalue weighted by atomic mass is 10.1. The number of amides is 1. The van der Waals surface area contributed by atoms with Crippen LogP contribution >= 0.6 is 15.9 Å². The van der Waals surface area contributed by atoms with Gasteiger partial charge >= 0.3 is 12.1 Å². The van der Waals surface area contributed by atoms with Gasteiger partial charge in [0.2, 0.25) is 0 Å². The maximum Gasteiger partial charge on any atom is 0.408 e. The van der Waals surface area contributed by atoms with Gasteiger partial charge in [0.25, 0.3) is 0 Å². The summed E-state index contributed by atoms with van der Waals surface area (Å²) < 4.78 is 18.9. The van der Waals surface area contributed by atoms with E-state index < -0.39 is 23.9 Å². The molecule has 0 spiro atoms. The number of rotatable bonds is 6. The highest BCUT2D eigenvalue weighted by molar-refractivity contribution is 9.10. The van der Waals surface area contributed by atoms with Crippen LogP contribution in [0, 0.1) is 5.82 Å². The molecule has 0 aromatic heterocycles. The van der Waals surface area contributed by atoms with E-state index in [0.717, 1.165) is 5.56 Å². The third-order valence-corrected chi connectivity index (χ3v) is 4.01. The molecular weight excluding hydrogens is 381 g/mol. The number of carboxylic acid groups (broad SMARTS) is 1. The number of aliphatic carboxylic acids is 1. The summed E-state index contributed by atoms with van der Waals surface area (Å²) in [6.45, 7) is 0.0304. The minimum atomic E-state index is -1.23. The second-order valence-corrected chi connectivity index (χ2v) is 5.89. The summed E-state index contributed by atoms with van der Waals surface area (Å²) in [5.74, 6) is -1.72. The van der Waals surface area contributed by atoms with Gasteiger partial charge < -0.3 is 15.2 Å². The van der Waals surface area contributed by atoms with E-state index in [9.17, 15) is 19.1 Å². The van der Waals surface area contributed by atoms with Gasteiger partial charge in [0.1, 0.15) is 18.5 Å². The first kappa shape index (κ1) is 17.9. The zero-order valence-electron chi connectivity index (χ0n) is 12.5. The van der Waals surface area contributed by atoms with Crippen LogP contribution in [0.5, 0.6) is 0 Å². The third kappa shape index (κ3) is 5.34. The van der Waals surface area contributed by atoms with E-state index in [1.165, 1.54) is 18.2 Å². The molecule has 0 saturated carbocycles. The van der Waals surface area contributed by atoms with Crippen molar-refractivity contribution in [1.82, 2.24) is 5.32 Å². The van der Waals surface area contributed by atoms with Crippen molar-refractivity contribution in [2.45, 2.75) is 19.1 Å². The quantitative estimate of drug-likeness (QED) is 0.784. The van der Waals surface area contributed by atoms with Crippen LogP contribution in [0.25, 0.3) is 0 Å². The van der Waals surface area contributed by atoms with Gasteiger partial charge in [-0.2, -0.15) is 0 Å². The molecule has 2 rings (SSSR count). The Labute approximate surface area is 146 Å². The Morgan fingerprint density at radius 1 is 1.21 bits per heavy atom. The molecular formula is C17H15BrFNO4. The largest absolute Gasteiger partial charge is 0.480 e. The molecule has 5 nitrogen and oxygen atoms in total. The molecule has 24 heavy (non-hydrogen) atoms. The number of carbonyl (C=O) groups is 2. The molecule has 0 aliphatic rings. The van der Waals surface area contributed by atoms with Crippen LogP contribution in [0.4, 0.5) is 9.18 Å². The summed E-state index contributed by atoms with van der Waals surface area (Å²) in [5, 5.41) is 11.5. The van der Waals surface area contributed by atoms with Crippen LogP contribution in [0.3, 0.4) is 0 Å². The topological polar surface area (TPSA) is 75.6 Å². The number of ether oxygens (including phenoxy) is 1. The van der Waals surface area contributed by atoms with Crippen molar-refractivity contribution in [2.24, 2.45) is 0 Å². The van der Waals surface area contributed by atoms with E-state index >= 15 is 0 Å². The SMILES string of the molecule is O=C(NC(Cc1cc(F)ccc1Br)C(=O)O)OCc1ccccc1. The normalized spacial score (nSPS) is 11.6. The Morgan fingerprint density at radius 3 is 2.58 bits per heavy atom. The highest BCUT2D eigenvalue weighted by Gasteiger charge is 2.22. The van der Waals surface area contributed by atoms with Crippen LogP contribution < -0.4 is 5.32 Å². The number of alkyl carbamates (subject to hydrolysis) is 1. The van der Waals surface area contributed by atoms with Crippen LogP contribution in [0.1, 0.15) is 11.1 Å². The lowest BCUT2D eigenvalue weighted by molar-refractivity contribution is -0.139. The molecule has 1 unspecified atom stereocenters. The van der Waals surface area contributed by atoms with Crippen LogP contribution in [0.2, 0.25) is 0 Å². The third-order valence-electron chi connectivity index (χ3n) is 3.23. The Kier molecular flexibility index (Phi) is 6.31. The summed E-state index contributed by atoms with van der Waals surface area (Å²) in [4.78, 5) is 23.1. The summed E-state index contributed by atoms with van der Waals surface area (Å²) >= 11 is 3.23. The van der Waals surface area contributed by atoms with E-state index in [1.54, 1.807) is 24.3 Å². The molecule has 0 bridgehead atoms. The van der Waals surface area contributed by atoms with Gasteiger partial charge in [-0.05, 0) is 29.3 Å². The summed E-state index contributed by atoms with van der Waals surface area (Å²) in [6, 6.07) is 11.7. The molecule has 1 amide bonds. The average Bonchev–Trinajstić information content (AvgIpc) is 2.56. The van der Waals surface area contributed by atoms with E-state index in [4.69, 9.17) is 4.74 Å². The molecule has 0 saturated heterocycles. The number of carbonyl (C=O) groups excluding carboxylic acids is 1. The average molecular weight is 396 g/mol. The molecule has 2 N–H and O–H groups in total. The van der Waals surface area contributed by atoms with E-state index in [1.807, 2.05) is 6.07 Å². The van der Waals surface area contributed by atoms with Gasteiger partial charge in [-0.25, -0.2) is 14.0 Å². The van der Waals surface area contributed by atoms with Crippen molar-refractivity contribution in [3.8, 4) is 0 Å². The molecule has 0 fully saturated rings. The van der Waals surface area contributed by atoms with Gasteiger partial charge in [-0.1, -0.05) is 46.3 Å². The Balaban J connectivity index is 1.96. The van der Waals surface area contributed by atoms with E-state index in [2.05, 4.69) is 21.2 Å². The predicted molar refractivity (Wildman–Crippen MR) is 89.0 cm³/mol. The summed E-state index contributed by atoms with van der Waals surface area (Å²) in [5.41, 5.74) is 1.22. The smallest absolute Gasteiger partial charge is 0.408 e. The number of halogens is 2. The first-order valence-electron chi connectivity index (χ1n) is 7.09. The van der Waals surface area contributed by atoms with Crippen molar-refractivity contribution in [3.05, 3.63) is 69.9 Å². The molecule has 2 aromatic rings. The van der Waals surface area contributed by atoms with Crippen molar-refractivity contribution in [3.63, 3.8) is 0 Å². The molecule has 2 aromatic carbocycles. The standard InChI is InChI=1S/C17H15BrFNO4/c18-14-7-6-13(19)8-12(14)9-15(16(21)22)20-17(23)24-10-11-4-2-1-3-5-11/h1-8,15H,9-10H2,(H,20,23)(H,21,22). The predicted octanol–water partition coefficient (Wildman–Crippen LogP) is 3.51. The number of carboxylic acids is 1. The minimum Gasteiger partial charge on any atom is -0.480 e. The van der Waals surface area contributed by atoms with Crippen LogP contribution in [-0.2, 0) is 22.6 Å². The zero-order valence-corrected chi connectivity index (χ0v) is 14.1. The molecule has 1 atom stereocenters. The number of benzene rings is 2. The first-order valence-corrected chi connectivity index (χ1v) is 7.89. The van der Waals surface area contributed by atoms with Crippen LogP contribution in [0.15, 0.2) is 53.0 Å². The molecule has 7 heteroatoms. The highest BCUT2D eigenvalue weighted by atomic mass is 79.9. The van der Waals surface area contributed by atoms with Gasteiger partial charge in [-0.3, -0.25) is 0 Å². The van der Waals surface area contributed by atoms with E-state index in [0.29, 0.717) is 10.0 Å². The van der Waals surface area contributed by atoms with Crippen molar-refractivity contribution >= 4 is 28.0 Å². The first-order chi connectivity index (χ1) is 11.5. The number of nitrogens with one attached hydrogen (secondary N) is 1. The maximum atomic E-state index is 13.3. The monoisotopic (exact) mass is 395 g/mol. The molecule has 0 radical (unpaired) electrons. The van der Waals surface area contributed by atoms with Gasteiger partial charge in [0.15, 0.2) is 0 Å². The fourth-order valence-corrected chi connectivity index (χ4v) is 2.44. The Morgan fingerprint density at radius 2 is 1.92 bits per heavy atom. The molecule has 0 aliphatic heterocycles. The maximum absolute atomic E-state index is 13.3. The fraction of sp³-hybridized carbons (Fsp3) is 0.176. The lowest BCUT2D eigenvalue weighted by Crippen LogP contribution is -2.42. The van der Waals surface area contributed by atoms with E-state index in [-0.39, 0.29) is 13.0 Å². The van der Waals surface area contributed by atoms with Gasteiger partial charge in [0, 0.05) is 10.9 Å². The number of hydrogen-bond donors (Lipinski definition) is 2. The van der Waals surface area contributed by atoms with Crippen molar-refractivity contribution in [2.75, 3.05) is 0 Å².